The van der Waals surface area contributed by atoms with Gasteiger partial charge in [-0.25, -0.2) is 4.98 Å². The number of hydrogen-bond donors (Lipinski definition) is 1. The minimum Gasteiger partial charge on any atom is -0.353 e. The second-order valence-electron chi connectivity index (χ2n) is 7.14. The molecule has 7 heteroatoms. The van der Waals surface area contributed by atoms with Crippen LogP contribution in [0.4, 0.5) is 5.69 Å². The lowest BCUT2D eigenvalue weighted by Gasteiger charge is -2.22. The normalized spacial score (nSPS) is 11.4. The second kappa shape index (κ2) is 8.22. The molecule has 0 aliphatic heterocycles. The first kappa shape index (κ1) is 20.2. The summed E-state index contributed by atoms with van der Waals surface area (Å²) in [6.45, 7) is 10.3. The Morgan fingerprint density at radius 2 is 2.04 bits per heavy atom. The van der Waals surface area contributed by atoms with E-state index in [0.29, 0.717) is 22.7 Å². The van der Waals surface area contributed by atoms with Crippen LogP contribution >= 0.6 is 11.8 Å². The fourth-order valence-electron chi connectivity index (χ4n) is 3.25. The van der Waals surface area contributed by atoms with Gasteiger partial charge in [-0.2, -0.15) is 0 Å². The summed E-state index contributed by atoms with van der Waals surface area (Å²) in [5.74, 6) is 0.212. The zero-order chi connectivity index (χ0) is 20.4. The summed E-state index contributed by atoms with van der Waals surface area (Å²) in [5.41, 5.74) is 3.94. The summed E-state index contributed by atoms with van der Waals surface area (Å²) < 4.78 is 1.65. The maximum absolute atomic E-state index is 12.9. The van der Waals surface area contributed by atoms with Gasteiger partial charge >= 0.3 is 0 Å². The van der Waals surface area contributed by atoms with Crippen molar-refractivity contribution in [2.24, 2.45) is 0 Å². The Kier molecular flexibility index (Phi) is 5.93. The molecule has 0 aliphatic carbocycles. The van der Waals surface area contributed by atoms with Gasteiger partial charge in [0.05, 0.1) is 11.3 Å². The highest BCUT2D eigenvalue weighted by molar-refractivity contribution is 7.99. The van der Waals surface area contributed by atoms with E-state index >= 15 is 0 Å². The number of nitrogens with zero attached hydrogens (tertiary/aromatic N) is 3. The minimum atomic E-state index is -0.103. The number of hydrogen-bond acceptors (Lipinski definition) is 4. The molecule has 0 atom stereocenters. The monoisotopic (exact) mass is 398 g/mol. The summed E-state index contributed by atoms with van der Waals surface area (Å²) in [4.78, 5) is 35.3. The number of anilines is 1. The molecule has 0 saturated carbocycles. The van der Waals surface area contributed by atoms with Crippen LogP contribution in [0.25, 0.3) is 11.0 Å². The van der Waals surface area contributed by atoms with Gasteiger partial charge in [0.15, 0.2) is 5.16 Å². The van der Waals surface area contributed by atoms with Gasteiger partial charge in [0.1, 0.15) is 5.52 Å². The van der Waals surface area contributed by atoms with Crippen LogP contribution in [-0.4, -0.2) is 32.7 Å². The molecule has 3 rings (SSSR count). The van der Waals surface area contributed by atoms with Crippen molar-refractivity contribution in [1.29, 1.82) is 0 Å². The zero-order valence-corrected chi connectivity index (χ0v) is 17.8. The molecule has 148 valence electrons. The fourth-order valence-corrected chi connectivity index (χ4v) is 4.25. The smallest absolute Gasteiger partial charge is 0.278 e. The van der Waals surface area contributed by atoms with Gasteiger partial charge in [-0.15, -0.1) is 0 Å². The Balaban J connectivity index is 1.89. The maximum atomic E-state index is 12.9. The first-order chi connectivity index (χ1) is 13.3. The standard InChI is InChI=1S/C21H26N4O2S/c1-6-24(16-9-7-8-14(4)10-16)18(26)12-28-21-23-17-11-15(5)22-19(17)20(27)25(21)13(2)3/h7-11,13,22H,6,12H2,1-5H3. The van der Waals surface area contributed by atoms with Crippen molar-refractivity contribution in [3.63, 3.8) is 0 Å². The molecule has 0 spiro atoms. The highest BCUT2D eigenvalue weighted by Crippen LogP contribution is 2.23. The number of fused-ring (bicyclic) bond motifs is 1. The predicted octanol–water partition coefficient (Wildman–Crippen LogP) is 4.07. The van der Waals surface area contributed by atoms with Crippen molar-refractivity contribution in [3.05, 3.63) is 51.9 Å². The van der Waals surface area contributed by atoms with Crippen LogP contribution in [0.15, 0.2) is 40.3 Å². The number of H-pyrrole nitrogens is 1. The van der Waals surface area contributed by atoms with Gasteiger partial charge < -0.3 is 9.88 Å². The van der Waals surface area contributed by atoms with Crippen molar-refractivity contribution in [1.82, 2.24) is 14.5 Å². The summed E-state index contributed by atoms with van der Waals surface area (Å²) >= 11 is 1.31. The van der Waals surface area contributed by atoms with Crippen LogP contribution in [0.3, 0.4) is 0 Å². The molecular weight excluding hydrogens is 372 g/mol. The highest BCUT2D eigenvalue weighted by Gasteiger charge is 2.19. The van der Waals surface area contributed by atoms with E-state index in [2.05, 4.69) is 9.97 Å². The highest BCUT2D eigenvalue weighted by atomic mass is 32.2. The largest absolute Gasteiger partial charge is 0.353 e. The predicted molar refractivity (Wildman–Crippen MR) is 115 cm³/mol. The lowest BCUT2D eigenvalue weighted by Crippen LogP contribution is -2.32. The van der Waals surface area contributed by atoms with Crippen LogP contribution in [0, 0.1) is 13.8 Å². The molecule has 2 heterocycles. The Bertz CT molecular complexity index is 1070. The first-order valence-electron chi connectivity index (χ1n) is 9.43. The van der Waals surface area contributed by atoms with E-state index in [1.807, 2.05) is 65.0 Å². The molecule has 0 unspecified atom stereocenters. The number of nitrogens with one attached hydrogen (secondary N) is 1. The average Bonchev–Trinajstić information content (AvgIpc) is 3.01. The molecule has 28 heavy (non-hydrogen) atoms. The summed E-state index contributed by atoms with van der Waals surface area (Å²) in [6, 6.07) is 9.71. The quantitative estimate of drug-likeness (QED) is 0.502. The van der Waals surface area contributed by atoms with Crippen molar-refractivity contribution >= 4 is 34.4 Å². The van der Waals surface area contributed by atoms with Gasteiger partial charge in [0.25, 0.3) is 5.56 Å². The zero-order valence-electron chi connectivity index (χ0n) is 16.9. The lowest BCUT2D eigenvalue weighted by atomic mass is 10.2. The van der Waals surface area contributed by atoms with E-state index in [0.717, 1.165) is 16.9 Å². The third-order valence-electron chi connectivity index (χ3n) is 4.56. The van der Waals surface area contributed by atoms with Gasteiger partial charge in [-0.1, -0.05) is 23.9 Å². The van der Waals surface area contributed by atoms with Gasteiger partial charge in [-0.05, 0) is 58.4 Å². The number of aromatic amines is 1. The summed E-state index contributed by atoms with van der Waals surface area (Å²) in [7, 11) is 0. The molecular formula is C21H26N4O2S. The number of amides is 1. The van der Waals surface area contributed by atoms with E-state index in [9.17, 15) is 9.59 Å². The minimum absolute atomic E-state index is 0.00648. The fraction of sp³-hybridized carbons (Fsp3) is 0.381. The van der Waals surface area contributed by atoms with Crippen molar-refractivity contribution in [3.8, 4) is 0 Å². The molecule has 1 aromatic carbocycles. The molecule has 2 aromatic heterocycles. The van der Waals surface area contributed by atoms with Gasteiger partial charge in [0.2, 0.25) is 5.91 Å². The van der Waals surface area contributed by atoms with Crippen LogP contribution < -0.4 is 10.5 Å². The number of aryl methyl sites for hydroxylation is 2. The number of benzene rings is 1. The van der Waals surface area contributed by atoms with Gasteiger partial charge in [0, 0.05) is 24.0 Å². The molecule has 0 aliphatic rings. The van der Waals surface area contributed by atoms with Crippen LogP contribution in [-0.2, 0) is 4.79 Å². The van der Waals surface area contributed by atoms with E-state index in [1.54, 1.807) is 9.47 Å². The molecule has 1 N–H and O–H groups in total. The van der Waals surface area contributed by atoms with E-state index in [-0.39, 0.29) is 23.3 Å². The van der Waals surface area contributed by atoms with Crippen molar-refractivity contribution in [2.45, 2.75) is 45.8 Å². The Morgan fingerprint density at radius 1 is 1.29 bits per heavy atom. The maximum Gasteiger partial charge on any atom is 0.278 e. The number of thioether (sulfide) groups is 1. The van der Waals surface area contributed by atoms with E-state index in [1.165, 1.54) is 11.8 Å². The molecule has 0 saturated heterocycles. The molecule has 0 bridgehead atoms. The van der Waals surface area contributed by atoms with Crippen LogP contribution in [0.1, 0.15) is 38.1 Å². The topological polar surface area (TPSA) is 71.0 Å². The third kappa shape index (κ3) is 3.99. The molecule has 3 aromatic rings. The van der Waals surface area contributed by atoms with E-state index < -0.39 is 0 Å². The Morgan fingerprint density at radius 3 is 2.68 bits per heavy atom. The number of rotatable bonds is 6. The summed E-state index contributed by atoms with van der Waals surface area (Å²) in [5, 5.41) is 0.570. The van der Waals surface area contributed by atoms with Crippen molar-refractivity contribution in [2.75, 3.05) is 17.2 Å². The van der Waals surface area contributed by atoms with Crippen LogP contribution in [0.2, 0.25) is 0 Å². The SMILES string of the molecule is CCN(C(=O)CSc1nc2cc(C)[nH]c2c(=O)n1C(C)C)c1cccc(C)c1. The molecule has 0 radical (unpaired) electrons. The second-order valence-corrected chi connectivity index (χ2v) is 8.08. The lowest BCUT2D eigenvalue weighted by molar-refractivity contribution is -0.116. The number of carbonyl (C=O) groups is 1. The van der Waals surface area contributed by atoms with Gasteiger partial charge in [-0.3, -0.25) is 14.2 Å². The van der Waals surface area contributed by atoms with Crippen molar-refractivity contribution < 1.29 is 4.79 Å². The van der Waals surface area contributed by atoms with E-state index in [4.69, 9.17) is 0 Å². The average molecular weight is 399 g/mol. The summed E-state index contributed by atoms with van der Waals surface area (Å²) in [6.07, 6.45) is 0. The number of carbonyl (C=O) groups excluding carboxylic acids is 1. The number of aromatic nitrogens is 3. The molecule has 1 amide bonds. The Labute approximate surface area is 169 Å². The van der Waals surface area contributed by atoms with Crippen LogP contribution in [0.5, 0.6) is 0 Å². The Hall–Kier alpha value is -2.54. The molecule has 6 nitrogen and oxygen atoms in total. The molecule has 0 fully saturated rings. The first-order valence-corrected chi connectivity index (χ1v) is 10.4. The third-order valence-corrected chi connectivity index (χ3v) is 5.50.